The molecular weight excluding hydrogens is 292 g/mol. The highest BCUT2D eigenvalue weighted by Crippen LogP contribution is 2.25. The second-order valence-electron chi connectivity index (χ2n) is 3.73. The molecule has 1 aromatic carbocycles. The molecule has 0 saturated heterocycles. The van der Waals surface area contributed by atoms with Gasteiger partial charge in [-0.2, -0.15) is 0 Å². The van der Waals surface area contributed by atoms with Crippen molar-refractivity contribution in [1.82, 2.24) is 4.98 Å². The number of benzene rings is 1. The lowest BCUT2D eigenvalue weighted by Gasteiger charge is -2.00. The van der Waals surface area contributed by atoms with Crippen molar-refractivity contribution >= 4 is 38.1 Å². The molecule has 7 heteroatoms. The molecule has 0 radical (unpaired) electrons. The largest absolute Gasteiger partial charge is 0.258 e. The molecule has 0 aliphatic heterocycles. The maximum atomic E-state index is 11.3. The van der Waals surface area contributed by atoms with Crippen molar-refractivity contribution in [3.8, 4) is 11.3 Å². The summed E-state index contributed by atoms with van der Waals surface area (Å²) in [5, 5.41) is 1.65. The van der Waals surface area contributed by atoms with Crippen LogP contribution in [-0.2, 0) is 10.0 Å². The predicted molar refractivity (Wildman–Crippen MR) is 75.5 cm³/mol. The molecule has 0 unspecified atom stereocenters. The van der Waals surface area contributed by atoms with Crippen LogP contribution in [0.3, 0.4) is 0 Å². The van der Waals surface area contributed by atoms with E-state index in [-0.39, 0.29) is 0 Å². The summed E-state index contributed by atoms with van der Waals surface area (Å²) in [4.78, 5) is 4.21. The second kappa shape index (κ2) is 5.26. The van der Waals surface area contributed by atoms with Crippen molar-refractivity contribution in [1.29, 1.82) is 0 Å². The number of anilines is 1. The van der Waals surface area contributed by atoms with Crippen LogP contribution in [0.1, 0.15) is 5.56 Å². The molecule has 0 saturated carbocycles. The molecule has 4 nitrogen and oxygen atoms in total. The number of halogens is 1. The van der Waals surface area contributed by atoms with Crippen LogP contribution in [0.2, 0.25) is 0 Å². The van der Waals surface area contributed by atoms with E-state index in [4.69, 9.17) is 11.6 Å². The Morgan fingerprint density at radius 1 is 1.33 bits per heavy atom. The molecular formula is C11H11ClN2O2S2. The third kappa shape index (κ3) is 3.22. The Morgan fingerprint density at radius 2 is 2.00 bits per heavy atom. The summed E-state index contributed by atoms with van der Waals surface area (Å²) in [7, 11) is -3.48. The zero-order valence-electron chi connectivity index (χ0n) is 9.55. The van der Waals surface area contributed by atoms with Gasteiger partial charge < -0.3 is 0 Å². The summed E-state index contributed by atoms with van der Waals surface area (Å²) in [6.45, 7) is 2.00. The number of nitrogens with one attached hydrogen (secondary N) is 1. The molecule has 1 aromatic heterocycles. The first-order valence-corrected chi connectivity index (χ1v) is 8.16. The highest BCUT2D eigenvalue weighted by molar-refractivity contribution is 7.94. The summed E-state index contributed by atoms with van der Waals surface area (Å²) < 4.78 is 24.9. The summed E-state index contributed by atoms with van der Waals surface area (Å²) in [6.07, 6.45) is 0. The van der Waals surface area contributed by atoms with E-state index in [0.717, 1.165) is 16.8 Å². The Hall–Kier alpha value is -1.11. The third-order valence-electron chi connectivity index (χ3n) is 2.24. The summed E-state index contributed by atoms with van der Waals surface area (Å²) in [5.41, 5.74) is 2.86. The Labute approximate surface area is 115 Å². The minimum Gasteiger partial charge on any atom is -0.258 e. The van der Waals surface area contributed by atoms with E-state index in [1.54, 1.807) is 5.38 Å². The van der Waals surface area contributed by atoms with Crippen molar-refractivity contribution in [2.75, 3.05) is 9.93 Å². The van der Waals surface area contributed by atoms with Gasteiger partial charge in [-0.1, -0.05) is 29.8 Å². The molecule has 0 spiro atoms. The van der Waals surface area contributed by atoms with Gasteiger partial charge in [0.2, 0.25) is 10.0 Å². The molecule has 0 amide bonds. The Bertz CT molecular complexity index is 635. The van der Waals surface area contributed by atoms with Crippen LogP contribution in [0.25, 0.3) is 11.3 Å². The number of aromatic nitrogens is 1. The van der Waals surface area contributed by atoms with Crippen LogP contribution in [-0.4, -0.2) is 18.6 Å². The van der Waals surface area contributed by atoms with Gasteiger partial charge in [0.15, 0.2) is 5.13 Å². The van der Waals surface area contributed by atoms with E-state index < -0.39 is 15.2 Å². The highest BCUT2D eigenvalue weighted by atomic mass is 35.5. The van der Waals surface area contributed by atoms with Crippen LogP contribution in [0.5, 0.6) is 0 Å². The van der Waals surface area contributed by atoms with Gasteiger partial charge in [-0.3, -0.25) is 4.72 Å². The summed E-state index contributed by atoms with van der Waals surface area (Å²) in [6, 6.07) is 7.86. The van der Waals surface area contributed by atoms with Gasteiger partial charge in [-0.25, -0.2) is 13.4 Å². The normalized spacial score (nSPS) is 11.4. The highest BCUT2D eigenvalue weighted by Gasteiger charge is 2.11. The fourth-order valence-corrected chi connectivity index (χ4v) is 3.00. The monoisotopic (exact) mass is 302 g/mol. The number of nitrogens with zero attached hydrogens (tertiary/aromatic N) is 1. The van der Waals surface area contributed by atoms with E-state index in [1.165, 1.54) is 11.3 Å². The van der Waals surface area contributed by atoms with Crippen molar-refractivity contribution < 1.29 is 8.42 Å². The summed E-state index contributed by atoms with van der Waals surface area (Å²) in [5.74, 6) is 0. The molecule has 0 bridgehead atoms. The Kier molecular flexibility index (Phi) is 3.89. The fraction of sp³-hybridized carbons (Fsp3) is 0.182. The molecule has 96 valence electrons. The SMILES string of the molecule is Cc1ccc(-c2csc(NS(=O)(=O)CCl)n2)cc1. The van der Waals surface area contributed by atoms with Crippen molar-refractivity contribution in [2.45, 2.75) is 6.92 Å². The molecule has 0 atom stereocenters. The number of thiazole rings is 1. The van der Waals surface area contributed by atoms with E-state index in [2.05, 4.69) is 9.71 Å². The number of aryl methyl sites for hydroxylation is 1. The van der Waals surface area contributed by atoms with Gasteiger partial charge >= 0.3 is 0 Å². The predicted octanol–water partition coefficient (Wildman–Crippen LogP) is 3.06. The van der Waals surface area contributed by atoms with Gasteiger partial charge in [-0.05, 0) is 6.92 Å². The van der Waals surface area contributed by atoms with Crippen LogP contribution >= 0.6 is 22.9 Å². The first-order valence-electron chi connectivity index (χ1n) is 5.09. The van der Waals surface area contributed by atoms with E-state index in [9.17, 15) is 8.42 Å². The minimum absolute atomic E-state index is 0.325. The average molecular weight is 303 g/mol. The molecule has 0 fully saturated rings. The van der Waals surface area contributed by atoms with E-state index in [0.29, 0.717) is 5.13 Å². The molecule has 2 rings (SSSR count). The lowest BCUT2D eigenvalue weighted by molar-refractivity contribution is 0.605. The molecule has 1 N–H and O–H groups in total. The van der Waals surface area contributed by atoms with E-state index >= 15 is 0 Å². The lowest BCUT2D eigenvalue weighted by atomic mass is 10.1. The van der Waals surface area contributed by atoms with Crippen molar-refractivity contribution in [3.05, 3.63) is 35.2 Å². The van der Waals surface area contributed by atoms with Crippen LogP contribution in [0.4, 0.5) is 5.13 Å². The first kappa shape index (κ1) is 13.3. The van der Waals surface area contributed by atoms with Gasteiger partial charge in [0.05, 0.1) is 5.69 Å². The smallest absolute Gasteiger partial charge is 0.248 e. The van der Waals surface area contributed by atoms with Crippen molar-refractivity contribution in [2.24, 2.45) is 0 Å². The van der Waals surface area contributed by atoms with E-state index in [1.807, 2.05) is 31.2 Å². The Morgan fingerprint density at radius 3 is 2.61 bits per heavy atom. The zero-order valence-corrected chi connectivity index (χ0v) is 11.9. The standard InChI is InChI=1S/C11H11ClN2O2S2/c1-8-2-4-9(5-3-8)10-6-17-11(13-10)14-18(15,16)7-12/h2-6H,7H2,1H3,(H,13,14). The number of hydrogen-bond donors (Lipinski definition) is 1. The van der Waals surface area contributed by atoms with Gasteiger partial charge in [0, 0.05) is 10.9 Å². The van der Waals surface area contributed by atoms with Gasteiger partial charge in [0.25, 0.3) is 0 Å². The van der Waals surface area contributed by atoms with Gasteiger partial charge in [0.1, 0.15) is 5.21 Å². The number of alkyl halides is 1. The molecule has 1 heterocycles. The lowest BCUT2D eigenvalue weighted by Crippen LogP contribution is -2.13. The van der Waals surface area contributed by atoms with Crippen LogP contribution < -0.4 is 4.72 Å². The third-order valence-corrected chi connectivity index (χ3v) is 4.78. The zero-order chi connectivity index (χ0) is 13.2. The number of hydrogen-bond acceptors (Lipinski definition) is 4. The Balaban J connectivity index is 2.23. The minimum atomic E-state index is -3.48. The topological polar surface area (TPSA) is 59.1 Å². The molecule has 2 aromatic rings. The number of sulfonamides is 1. The quantitative estimate of drug-likeness (QED) is 0.883. The average Bonchev–Trinajstić information content (AvgIpc) is 2.78. The first-order chi connectivity index (χ1) is 8.50. The second-order valence-corrected chi connectivity index (χ2v) is 6.89. The molecule has 0 aliphatic rings. The maximum Gasteiger partial charge on any atom is 0.248 e. The fourth-order valence-electron chi connectivity index (χ4n) is 1.34. The number of rotatable bonds is 4. The van der Waals surface area contributed by atoms with Crippen LogP contribution in [0, 0.1) is 6.92 Å². The summed E-state index contributed by atoms with van der Waals surface area (Å²) >= 11 is 6.54. The maximum absolute atomic E-state index is 11.3. The molecule has 0 aliphatic carbocycles. The molecule has 18 heavy (non-hydrogen) atoms. The van der Waals surface area contributed by atoms with Crippen LogP contribution in [0.15, 0.2) is 29.6 Å². The van der Waals surface area contributed by atoms with Crippen molar-refractivity contribution in [3.63, 3.8) is 0 Å². The van der Waals surface area contributed by atoms with Gasteiger partial charge in [-0.15, -0.1) is 22.9 Å².